The van der Waals surface area contributed by atoms with E-state index in [2.05, 4.69) is 20.2 Å². The summed E-state index contributed by atoms with van der Waals surface area (Å²) in [6, 6.07) is 3.78. The van der Waals surface area contributed by atoms with E-state index in [1.54, 1.807) is 18.5 Å². The van der Waals surface area contributed by atoms with Crippen LogP contribution in [0.25, 0.3) is 10.9 Å². The summed E-state index contributed by atoms with van der Waals surface area (Å²) in [7, 11) is 2.03. The number of nitro benzene ring substituents is 1. The van der Waals surface area contributed by atoms with E-state index >= 15 is 0 Å². The molecule has 0 atom stereocenters. The molecule has 1 aliphatic carbocycles. The van der Waals surface area contributed by atoms with E-state index < -0.39 is 0 Å². The van der Waals surface area contributed by atoms with Crippen LogP contribution in [-0.2, 0) is 0 Å². The average Bonchev–Trinajstić information content (AvgIpc) is 2.61. The van der Waals surface area contributed by atoms with Crippen LogP contribution in [-0.4, -0.2) is 34.5 Å². The Hall–Kier alpha value is -2.44. The maximum Gasteiger partial charge on any atom is 0.293 e. The van der Waals surface area contributed by atoms with Gasteiger partial charge < -0.3 is 10.2 Å². The zero-order valence-electron chi connectivity index (χ0n) is 14.2. The maximum atomic E-state index is 11.4. The largest absolute Gasteiger partial charge is 0.380 e. The van der Waals surface area contributed by atoms with Crippen LogP contribution >= 0.6 is 0 Å². The predicted octanol–water partition coefficient (Wildman–Crippen LogP) is 3.74. The highest BCUT2D eigenvalue weighted by molar-refractivity contribution is 5.94. The van der Waals surface area contributed by atoms with E-state index in [0.29, 0.717) is 18.3 Å². The molecule has 0 aliphatic heterocycles. The number of anilines is 2. The van der Waals surface area contributed by atoms with Gasteiger partial charge in [0.2, 0.25) is 0 Å². The monoisotopic (exact) mass is 329 g/mol. The third-order valence-electron chi connectivity index (χ3n) is 4.75. The van der Waals surface area contributed by atoms with Gasteiger partial charge in [-0.1, -0.05) is 19.3 Å². The van der Waals surface area contributed by atoms with Crippen molar-refractivity contribution in [3.8, 4) is 0 Å². The van der Waals surface area contributed by atoms with Gasteiger partial charge in [-0.3, -0.25) is 10.1 Å². The standard InChI is InChI=1S/C17H23N5O2/c1-3-18-15-10-14-13(9-16(15)22(23)24)17(20-11-19-14)21(2)12-7-5-4-6-8-12/h9-12,18H,3-8H2,1-2H3. The molecule has 1 saturated carbocycles. The van der Waals surface area contributed by atoms with Gasteiger partial charge in [0, 0.05) is 31.1 Å². The highest BCUT2D eigenvalue weighted by Gasteiger charge is 2.23. The first-order valence-corrected chi connectivity index (χ1v) is 8.51. The number of nitrogens with one attached hydrogen (secondary N) is 1. The second-order valence-electron chi connectivity index (χ2n) is 6.27. The summed E-state index contributed by atoms with van der Waals surface area (Å²) in [5.41, 5.74) is 1.29. The number of aromatic nitrogens is 2. The van der Waals surface area contributed by atoms with Crippen molar-refractivity contribution in [2.75, 3.05) is 23.8 Å². The number of hydrogen-bond donors (Lipinski definition) is 1. The Morgan fingerprint density at radius 1 is 1.29 bits per heavy atom. The lowest BCUT2D eigenvalue weighted by Crippen LogP contribution is -2.34. The van der Waals surface area contributed by atoms with E-state index in [-0.39, 0.29) is 10.6 Å². The first-order valence-electron chi connectivity index (χ1n) is 8.51. The lowest BCUT2D eigenvalue weighted by Gasteiger charge is -2.32. The summed E-state index contributed by atoms with van der Waals surface area (Å²) < 4.78 is 0. The minimum absolute atomic E-state index is 0.0671. The van der Waals surface area contributed by atoms with Crippen molar-refractivity contribution in [2.24, 2.45) is 0 Å². The van der Waals surface area contributed by atoms with E-state index in [1.807, 2.05) is 14.0 Å². The Morgan fingerprint density at radius 2 is 2.04 bits per heavy atom. The smallest absolute Gasteiger partial charge is 0.293 e. The van der Waals surface area contributed by atoms with Crippen LogP contribution in [0, 0.1) is 10.1 Å². The minimum atomic E-state index is -0.352. The molecule has 1 fully saturated rings. The first kappa shape index (κ1) is 16.4. The second kappa shape index (κ2) is 6.98. The molecule has 24 heavy (non-hydrogen) atoms. The Labute approximate surface area is 141 Å². The fraction of sp³-hybridized carbons (Fsp3) is 0.529. The van der Waals surface area contributed by atoms with Crippen molar-refractivity contribution in [2.45, 2.75) is 45.1 Å². The second-order valence-corrected chi connectivity index (χ2v) is 6.27. The molecule has 0 saturated heterocycles. The molecular formula is C17H23N5O2. The molecule has 1 N–H and O–H groups in total. The van der Waals surface area contributed by atoms with E-state index in [9.17, 15) is 10.1 Å². The fourth-order valence-corrected chi connectivity index (χ4v) is 3.48. The van der Waals surface area contributed by atoms with Crippen LogP contribution in [0.1, 0.15) is 39.0 Å². The third kappa shape index (κ3) is 3.11. The van der Waals surface area contributed by atoms with Gasteiger partial charge in [-0.05, 0) is 25.8 Å². The summed E-state index contributed by atoms with van der Waals surface area (Å²) in [6.07, 6.45) is 7.55. The molecule has 0 radical (unpaired) electrons. The van der Waals surface area contributed by atoms with Gasteiger partial charge in [0.1, 0.15) is 17.8 Å². The number of benzene rings is 1. The lowest BCUT2D eigenvalue weighted by molar-refractivity contribution is -0.383. The SMILES string of the molecule is CCNc1cc2ncnc(N(C)C3CCCCC3)c2cc1[N+](=O)[O-]. The molecule has 0 bridgehead atoms. The van der Waals surface area contributed by atoms with Crippen molar-refractivity contribution in [3.63, 3.8) is 0 Å². The summed E-state index contributed by atoms with van der Waals surface area (Å²) in [5.74, 6) is 0.776. The van der Waals surface area contributed by atoms with E-state index in [4.69, 9.17) is 0 Å². The molecule has 1 aliphatic rings. The van der Waals surface area contributed by atoms with Crippen LogP contribution in [0.3, 0.4) is 0 Å². The summed E-state index contributed by atoms with van der Waals surface area (Å²) >= 11 is 0. The molecule has 0 amide bonds. The topological polar surface area (TPSA) is 84.2 Å². The van der Waals surface area contributed by atoms with E-state index in [1.165, 1.54) is 19.3 Å². The number of hydrogen-bond acceptors (Lipinski definition) is 6. The maximum absolute atomic E-state index is 11.4. The predicted molar refractivity (Wildman–Crippen MR) is 95.6 cm³/mol. The Bertz CT molecular complexity index is 743. The molecule has 1 aromatic carbocycles. The molecule has 0 spiro atoms. The zero-order valence-corrected chi connectivity index (χ0v) is 14.2. The summed E-state index contributed by atoms with van der Waals surface area (Å²) in [5, 5.41) is 15.2. The highest BCUT2D eigenvalue weighted by Crippen LogP contribution is 2.34. The van der Waals surface area contributed by atoms with Gasteiger partial charge in [-0.15, -0.1) is 0 Å². The van der Waals surface area contributed by atoms with Crippen molar-refractivity contribution in [1.29, 1.82) is 0 Å². The molecule has 2 aromatic rings. The van der Waals surface area contributed by atoms with Crippen molar-refractivity contribution in [1.82, 2.24) is 9.97 Å². The van der Waals surface area contributed by atoms with Crippen LogP contribution in [0.5, 0.6) is 0 Å². The lowest BCUT2D eigenvalue weighted by atomic mass is 9.94. The number of fused-ring (bicyclic) bond motifs is 1. The summed E-state index contributed by atoms with van der Waals surface area (Å²) in [6.45, 7) is 2.53. The van der Waals surface area contributed by atoms with Crippen LogP contribution in [0.4, 0.5) is 17.2 Å². The Kier molecular flexibility index (Phi) is 4.78. The number of nitro groups is 1. The normalized spacial score (nSPS) is 15.4. The van der Waals surface area contributed by atoms with Gasteiger partial charge in [0.15, 0.2) is 0 Å². The van der Waals surface area contributed by atoms with Crippen molar-refractivity contribution >= 4 is 28.1 Å². The van der Waals surface area contributed by atoms with Crippen LogP contribution < -0.4 is 10.2 Å². The zero-order chi connectivity index (χ0) is 17.1. The molecule has 1 aromatic heterocycles. The number of nitrogens with zero attached hydrogens (tertiary/aromatic N) is 4. The molecule has 128 valence electrons. The van der Waals surface area contributed by atoms with E-state index in [0.717, 1.165) is 29.6 Å². The van der Waals surface area contributed by atoms with Crippen LogP contribution in [0.2, 0.25) is 0 Å². The first-order chi connectivity index (χ1) is 11.6. The molecule has 7 heteroatoms. The van der Waals surface area contributed by atoms with Crippen molar-refractivity contribution < 1.29 is 4.92 Å². The summed E-state index contributed by atoms with van der Waals surface area (Å²) in [4.78, 5) is 22.0. The average molecular weight is 329 g/mol. The van der Waals surface area contributed by atoms with Gasteiger partial charge in [0.25, 0.3) is 5.69 Å². The Morgan fingerprint density at radius 3 is 2.71 bits per heavy atom. The van der Waals surface area contributed by atoms with Crippen LogP contribution in [0.15, 0.2) is 18.5 Å². The fourth-order valence-electron chi connectivity index (χ4n) is 3.48. The van der Waals surface area contributed by atoms with Crippen molar-refractivity contribution in [3.05, 3.63) is 28.6 Å². The molecule has 0 unspecified atom stereocenters. The Balaban J connectivity index is 2.08. The van der Waals surface area contributed by atoms with Gasteiger partial charge in [-0.2, -0.15) is 0 Å². The molecule has 3 rings (SSSR count). The molecule has 1 heterocycles. The highest BCUT2D eigenvalue weighted by atomic mass is 16.6. The third-order valence-corrected chi connectivity index (χ3v) is 4.75. The molecule has 7 nitrogen and oxygen atoms in total. The van der Waals surface area contributed by atoms with Gasteiger partial charge >= 0.3 is 0 Å². The minimum Gasteiger partial charge on any atom is -0.380 e. The van der Waals surface area contributed by atoms with Gasteiger partial charge in [0.05, 0.1) is 10.4 Å². The number of rotatable bonds is 5. The molecular weight excluding hydrogens is 306 g/mol. The quantitative estimate of drug-likeness (QED) is 0.664. The van der Waals surface area contributed by atoms with Gasteiger partial charge in [-0.25, -0.2) is 9.97 Å².